The Hall–Kier alpha value is -2.68. The predicted molar refractivity (Wildman–Crippen MR) is 93.8 cm³/mol. The predicted octanol–water partition coefficient (Wildman–Crippen LogP) is 4.13. The molecule has 0 aliphatic carbocycles. The van der Waals surface area contributed by atoms with Crippen LogP contribution in [0.5, 0.6) is 0 Å². The second-order valence-electron chi connectivity index (χ2n) is 5.71. The monoisotopic (exact) mass is 378 g/mol. The lowest BCUT2D eigenvalue weighted by atomic mass is 10.3. The number of nitrogens with one attached hydrogen (secondary N) is 1. The van der Waals surface area contributed by atoms with Crippen LogP contribution < -0.4 is 5.32 Å². The van der Waals surface area contributed by atoms with Crippen LogP contribution in [0.2, 0.25) is 0 Å². The number of hydrogen-bond donors (Lipinski definition) is 1. The van der Waals surface area contributed by atoms with Crippen molar-refractivity contribution < 1.29 is 18.0 Å². The molecule has 2 heterocycles. The molecule has 1 aromatic carbocycles. The number of benzene rings is 1. The molecule has 0 aliphatic rings. The lowest BCUT2D eigenvalue weighted by molar-refractivity contribution is -0.113. The van der Waals surface area contributed by atoms with Crippen molar-refractivity contribution in [3.05, 3.63) is 48.2 Å². The third kappa shape index (κ3) is 3.93. The second-order valence-corrected chi connectivity index (χ2v) is 6.65. The topological polar surface area (TPSA) is 73.0 Å². The second kappa shape index (κ2) is 7.69. The number of carbonyl (C=O) groups is 1. The number of aromatic nitrogens is 3. The van der Waals surface area contributed by atoms with Crippen molar-refractivity contribution in [3.63, 3.8) is 0 Å². The Morgan fingerprint density at radius 3 is 2.81 bits per heavy atom. The van der Waals surface area contributed by atoms with Crippen LogP contribution in [-0.4, -0.2) is 26.4 Å². The molecule has 2 aromatic heterocycles. The fourth-order valence-corrected chi connectivity index (χ4v) is 3.19. The van der Waals surface area contributed by atoms with Crippen LogP contribution in [0.1, 0.15) is 19.9 Å². The first-order valence-corrected chi connectivity index (χ1v) is 8.80. The molecule has 0 bridgehead atoms. The molecule has 0 fully saturated rings. The van der Waals surface area contributed by atoms with Gasteiger partial charge in [0.1, 0.15) is 11.6 Å². The molecule has 0 spiro atoms. The van der Waals surface area contributed by atoms with E-state index in [2.05, 4.69) is 15.5 Å². The number of thioether (sulfide) groups is 1. The summed E-state index contributed by atoms with van der Waals surface area (Å²) in [7, 11) is 0. The summed E-state index contributed by atoms with van der Waals surface area (Å²) in [5.74, 6) is -0.697. The minimum absolute atomic E-state index is 0.0288. The van der Waals surface area contributed by atoms with E-state index in [0.717, 1.165) is 30.0 Å². The van der Waals surface area contributed by atoms with Gasteiger partial charge in [-0.3, -0.25) is 9.36 Å². The summed E-state index contributed by atoms with van der Waals surface area (Å²) in [6.45, 7) is 3.92. The third-order valence-electron chi connectivity index (χ3n) is 3.46. The highest BCUT2D eigenvalue weighted by molar-refractivity contribution is 7.99. The summed E-state index contributed by atoms with van der Waals surface area (Å²) in [5.41, 5.74) is -0.197. The van der Waals surface area contributed by atoms with E-state index in [-0.39, 0.29) is 17.5 Å². The molecule has 0 saturated carbocycles. The Labute approximate surface area is 152 Å². The fraction of sp³-hybridized carbons (Fsp3) is 0.235. The van der Waals surface area contributed by atoms with E-state index in [9.17, 15) is 13.6 Å². The molecular formula is C17H16F2N4O2S. The van der Waals surface area contributed by atoms with Crippen LogP contribution in [0.15, 0.2) is 46.2 Å². The Morgan fingerprint density at radius 1 is 1.31 bits per heavy atom. The van der Waals surface area contributed by atoms with E-state index in [4.69, 9.17) is 4.42 Å². The van der Waals surface area contributed by atoms with Crippen LogP contribution >= 0.6 is 11.8 Å². The van der Waals surface area contributed by atoms with Crippen molar-refractivity contribution in [2.45, 2.75) is 25.0 Å². The number of nitrogens with zero attached hydrogens (tertiary/aromatic N) is 3. The van der Waals surface area contributed by atoms with Gasteiger partial charge in [0.25, 0.3) is 0 Å². The zero-order chi connectivity index (χ0) is 18.7. The molecule has 0 unspecified atom stereocenters. The fourth-order valence-electron chi connectivity index (χ4n) is 2.32. The maximum absolute atomic E-state index is 13.6. The third-order valence-corrected chi connectivity index (χ3v) is 4.40. The summed E-state index contributed by atoms with van der Waals surface area (Å²) < 4.78 is 34.0. The average Bonchev–Trinajstić information content (AvgIpc) is 3.25. The smallest absolute Gasteiger partial charge is 0.234 e. The van der Waals surface area contributed by atoms with E-state index in [1.54, 1.807) is 18.4 Å². The SMILES string of the molecule is CC(C)n1c(SCC(=O)Nc2cc(F)ccc2F)nnc1-c1ccco1. The largest absolute Gasteiger partial charge is 0.461 e. The molecule has 0 saturated heterocycles. The van der Waals surface area contributed by atoms with Gasteiger partial charge in [-0.25, -0.2) is 8.78 Å². The van der Waals surface area contributed by atoms with Gasteiger partial charge in [0.2, 0.25) is 11.7 Å². The molecule has 0 aliphatic heterocycles. The summed E-state index contributed by atoms with van der Waals surface area (Å²) in [6.07, 6.45) is 1.54. The molecule has 3 aromatic rings. The van der Waals surface area contributed by atoms with Gasteiger partial charge in [-0.05, 0) is 38.1 Å². The van der Waals surface area contributed by atoms with Crippen molar-refractivity contribution in [2.24, 2.45) is 0 Å². The minimum atomic E-state index is -0.699. The van der Waals surface area contributed by atoms with Gasteiger partial charge in [0.05, 0.1) is 17.7 Å². The van der Waals surface area contributed by atoms with Crippen molar-refractivity contribution in [1.29, 1.82) is 0 Å². The van der Waals surface area contributed by atoms with Gasteiger partial charge in [0, 0.05) is 12.1 Å². The van der Waals surface area contributed by atoms with Crippen molar-refractivity contribution in [3.8, 4) is 11.6 Å². The first-order valence-electron chi connectivity index (χ1n) is 7.82. The van der Waals surface area contributed by atoms with Crippen LogP contribution in [0.25, 0.3) is 11.6 Å². The number of hydrogen-bond acceptors (Lipinski definition) is 5. The van der Waals surface area contributed by atoms with Gasteiger partial charge in [-0.15, -0.1) is 10.2 Å². The number of halogens is 2. The van der Waals surface area contributed by atoms with E-state index < -0.39 is 17.5 Å². The highest BCUT2D eigenvalue weighted by Gasteiger charge is 2.19. The molecule has 3 rings (SSSR count). The van der Waals surface area contributed by atoms with Crippen LogP contribution in [0.3, 0.4) is 0 Å². The number of amides is 1. The van der Waals surface area contributed by atoms with Crippen molar-refractivity contribution >= 4 is 23.4 Å². The highest BCUT2D eigenvalue weighted by atomic mass is 32.2. The van der Waals surface area contributed by atoms with Gasteiger partial charge < -0.3 is 9.73 Å². The number of carbonyl (C=O) groups excluding carboxylic acids is 1. The van der Waals surface area contributed by atoms with E-state index >= 15 is 0 Å². The molecule has 0 atom stereocenters. The molecule has 1 amide bonds. The summed E-state index contributed by atoms with van der Waals surface area (Å²) in [4.78, 5) is 12.1. The molecule has 136 valence electrons. The van der Waals surface area contributed by atoms with Crippen LogP contribution in [0.4, 0.5) is 14.5 Å². The number of furan rings is 1. The molecular weight excluding hydrogens is 362 g/mol. The molecule has 1 N–H and O–H groups in total. The quantitative estimate of drug-likeness (QED) is 0.653. The first-order chi connectivity index (χ1) is 12.5. The van der Waals surface area contributed by atoms with Crippen molar-refractivity contribution in [2.75, 3.05) is 11.1 Å². The maximum Gasteiger partial charge on any atom is 0.234 e. The van der Waals surface area contributed by atoms with Crippen molar-refractivity contribution in [1.82, 2.24) is 14.8 Å². The minimum Gasteiger partial charge on any atom is -0.461 e. The Morgan fingerprint density at radius 2 is 2.12 bits per heavy atom. The standard InChI is InChI=1S/C17H16F2N4O2S/c1-10(2)23-16(14-4-3-7-25-14)21-22-17(23)26-9-15(24)20-13-8-11(18)5-6-12(13)19/h3-8,10H,9H2,1-2H3,(H,20,24). The van der Waals surface area contributed by atoms with E-state index in [1.807, 2.05) is 18.4 Å². The van der Waals surface area contributed by atoms with Gasteiger partial charge in [0.15, 0.2) is 10.9 Å². The zero-order valence-electron chi connectivity index (χ0n) is 14.1. The lowest BCUT2D eigenvalue weighted by Crippen LogP contribution is -2.16. The first kappa shape index (κ1) is 18.1. The summed E-state index contributed by atoms with van der Waals surface area (Å²) in [5, 5.41) is 11.1. The Kier molecular flexibility index (Phi) is 5.36. The summed E-state index contributed by atoms with van der Waals surface area (Å²) >= 11 is 1.15. The van der Waals surface area contributed by atoms with Crippen LogP contribution in [0, 0.1) is 11.6 Å². The normalized spacial score (nSPS) is 11.1. The number of rotatable bonds is 6. The lowest BCUT2D eigenvalue weighted by Gasteiger charge is -2.12. The highest BCUT2D eigenvalue weighted by Crippen LogP contribution is 2.28. The zero-order valence-corrected chi connectivity index (χ0v) is 14.9. The number of anilines is 1. The molecule has 9 heteroatoms. The van der Waals surface area contributed by atoms with Gasteiger partial charge in [-0.1, -0.05) is 11.8 Å². The molecule has 26 heavy (non-hydrogen) atoms. The summed E-state index contributed by atoms with van der Waals surface area (Å²) in [6, 6.07) is 6.45. The Balaban J connectivity index is 1.71. The Bertz CT molecular complexity index is 910. The van der Waals surface area contributed by atoms with E-state index in [1.165, 1.54) is 0 Å². The van der Waals surface area contributed by atoms with Crippen LogP contribution in [-0.2, 0) is 4.79 Å². The van der Waals surface area contributed by atoms with Gasteiger partial charge in [-0.2, -0.15) is 0 Å². The average molecular weight is 378 g/mol. The molecule has 0 radical (unpaired) electrons. The van der Waals surface area contributed by atoms with Gasteiger partial charge >= 0.3 is 0 Å². The molecule has 6 nitrogen and oxygen atoms in total. The van der Waals surface area contributed by atoms with E-state index in [0.29, 0.717) is 16.7 Å². The maximum atomic E-state index is 13.6.